The van der Waals surface area contributed by atoms with Crippen LogP contribution < -0.4 is 10.2 Å². The minimum atomic E-state index is -0.706. The highest BCUT2D eigenvalue weighted by Crippen LogP contribution is 2.45. The van der Waals surface area contributed by atoms with Crippen LogP contribution in [0.5, 0.6) is 0 Å². The Labute approximate surface area is 221 Å². The first kappa shape index (κ1) is 25.4. The van der Waals surface area contributed by atoms with Crippen LogP contribution in [0.2, 0.25) is 0 Å². The van der Waals surface area contributed by atoms with E-state index >= 15 is 0 Å². The molecule has 2 aliphatic rings. The first-order valence-corrected chi connectivity index (χ1v) is 12.9. The molecule has 3 aromatic rings. The highest BCUT2D eigenvalue weighted by molar-refractivity contribution is 6.22. The summed E-state index contributed by atoms with van der Waals surface area (Å²) >= 11 is 0. The summed E-state index contributed by atoms with van der Waals surface area (Å²) < 4.78 is 5.21. The fourth-order valence-corrected chi connectivity index (χ4v) is 5.46. The largest absolute Gasteiger partial charge is 0.452 e. The SMILES string of the molecule is Cc1ccc(NC(=O)COC(=O)c2cccc(N3C(=O)[C@@H]4CC[C@H](c5ccccc5)C[C@H]4C3=O)c2)cc1C. The molecule has 1 saturated heterocycles. The zero-order chi connectivity index (χ0) is 26.8. The van der Waals surface area contributed by atoms with Gasteiger partial charge in [0.25, 0.3) is 5.91 Å². The van der Waals surface area contributed by atoms with Crippen LogP contribution in [0.3, 0.4) is 0 Å². The number of aryl methyl sites for hydroxylation is 2. The minimum Gasteiger partial charge on any atom is -0.452 e. The van der Waals surface area contributed by atoms with Gasteiger partial charge in [-0.25, -0.2) is 4.79 Å². The van der Waals surface area contributed by atoms with E-state index in [0.29, 0.717) is 24.2 Å². The summed E-state index contributed by atoms with van der Waals surface area (Å²) in [6, 6.07) is 21.9. The molecular formula is C31H30N2O5. The molecular weight excluding hydrogens is 480 g/mol. The second-order valence-electron chi connectivity index (χ2n) is 10.1. The van der Waals surface area contributed by atoms with E-state index in [1.165, 1.54) is 22.6 Å². The van der Waals surface area contributed by atoms with Gasteiger partial charge < -0.3 is 10.1 Å². The van der Waals surface area contributed by atoms with E-state index in [9.17, 15) is 19.2 Å². The van der Waals surface area contributed by atoms with Crippen molar-refractivity contribution in [2.45, 2.75) is 39.0 Å². The highest BCUT2D eigenvalue weighted by Gasteiger charge is 2.50. The number of hydrogen-bond acceptors (Lipinski definition) is 5. The lowest BCUT2D eigenvalue weighted by molar-refractivity contribution is -0.122. The van der Waals surface area contributed by atoms with Gasteiger partial charge in [0.05, 0.1) is 23.1 Å². The van der Waals surface area contributed by atoms with Crippen molar-refractivity contribution in [2.75, 3.05) is 16.8 Å². The van der Waals surface area contributed by atoms with Crippen molar-refractivity contribution in [1.29, 1.82) is 0 Å². The zero-order valence-corrected chi connectivity index (χ0v) is 21.5. The van der Waals surface area contributed by atoms with Crippen molar-refractivity contribution >= 4 is 35.1 Å². The van der Waals surface area contributed by atoms with Crippen LogP contribution in [0.15, 0.2) is 72.8 Å². The number of anilines is 2. The topological polar surface area (TPSA) is 92.8 Å². The molecule has 1 heterocycles. The van der Waals surface area contributed by atoms with Crippen molar-refractivity contribution < 1.29 is 23.9 Å². The molecule has 1 N–H and O–H groups in total. The number of carbonyl (C=O) groups is 4. The lowest BCUT2D eigenvalue weighted by Gasteiger charge is -2.28. The summed E-state index contributed by atoms with van der Waals surface area (Å²) in [5.74, 6) is -2.07. The Bertz CT molecular complexity index is 1400. The van der Waals surface area contributed by atoms with Crippen LogP contribution in [0.25, 0.3) is 0 Å². The normalized spacial score (nSPS) is 20.7. The number of imide groups is 1. The molecule has 0 spiro atoms. The van der Waals surface area contributed by atoms with Crippen LogP contribution in [0.1, 0.15) is 52.2 Å². The number of benzene rings is 3. The monoisotopic (exact) mass is 510 g/mol. The Morgan fingerprint density at radius 2 is 1.63 bits per heavy atom. The molecule has 3 atom stereocenters. The van der Waals surface area contributed by atoms with Gasteiger partial charge in [0, 0.05) is 5.69 Å². The molecule has 194 valence electrons. The van der Waals surface area contributed by atoms with Crippen molar-refractivity contribution in [2.24, 2.45) is 11.8 Å². The smallest absolute Gasteiger partial charge is 0.338 e. The average Bonchev–Trinajstić information content (AvgIpc) is 3.19. The molecule has 3 amide bonds. The third kappa shape index (κ3) is 5.09. The quantitative estimate of drug-likeness (QED) is 0.365. The van der Waals surface area contributed by atoms with Crippen molar-refractivity contribution in [3.8, 4) is 0 Å². The maximum absolute atomic E-state index is 13.4. The molecule has 7 heteroatoms. The maximum Gasteiger partial charge on any atom is 0.338 e. The van der Waals surface area contributed by atoms with Gasteiger partial charge in [-0.3, -0.25) is 19.3 Å². The first-order chi connectivity index (χ1) is 18.3. The molecule has 1 aliphatic heterocycles. The molecule has 0 aromatic heterocycles. The van der Waals surface area contributed by atoms with E-state index in [1.807, 2.05) is 44.2 Å². The van der Waals surface area contributed by atoms with Crippen molar-refractivity contribution in [3.63, 3.8) is 0 Å². The standard InChI is InChI=1S/C31H30N2O5/c1-19-11-13-24(15-20(19)2)32-28(34)18-38-31(37)23-9-6-10-25(16-23)33-29(35)26-14-12-22(17-27(26)30(33)36)21-7-4-3-5-8-21/h3-11,13,15-16,22,26-27H,12,14,17-18H2,1-2H3,(H,32,34)/t22-,26+,27+/m0/s1. The summed E-state index contributed by atoms with van der Waals surface area (Å²) in [6.45, 7) is 3.47. The molecule has 7 nitrogen and oxygen atoms in total. The third-order valence-corrected chi connectivity index (χ3v) is 7.66. The Balaban J connectivity index is 1.24. The van der Waals surface area contributed by atoms with E-state index in [-0.39, 0.29) is 35.1 Å². The van der Waals surface area contributed by atoms with E-state index in [4.69, 9.17) is 4.74 Å². The molecule has 0 bridgehead atoms. The molecule has 0 unspecified atom stereocenters. The van der Waals surface area contributed by atoms with Crippen LogP contribution >= 0.6 is 0 Å². The van der Waals surface area contributed by atoms with Crippen LogP contribution in [0.4, 0.5) is 11.4 Å². The maximum atomic E-state index is 13.4. The molecule has 2 fully saturated rings. The van der Waals surface area contributed by atoms with Gasteiger partial charge in [0.2, 0.25) is 11.8 Å². The molecule has 1 aliphatic carbocycles. The van der Waals surface area contributed by atoms with Crippen LogP contribution in [-0.4, -0.2) is 30.3 Å². The molecule has 1 saturated carbocycles. The Hall–Kier alpha value is -4.26. The number of rotatable bonds is 6. The first-order valence-electron chi connectivity index (χ1n) is 12.9. The predicted octanol–water partition coefficient (Wildman–Crippen LogP) is 5.17. The number of amides is 3. The molecule has 3 aromatic carbocycles. The second-order valence-corrected chi connectivity index (χ2v) is 10.1. The summed E-state index contributed by atoms with van der Waals surface area (Å²) in [4.78, 5) is 52.8. The average molecular weight is 511 g/mol. The lowest BCUT2D eigenvalue weighted by atomic mass is 9.73. The Kier molecular flexibility index (Phi) is 7.09. The zero-order valence-electron chi connectivity index (χ0n) is 21.5. The van der Waals surface area contributed by atoms with E-state index < -0.39 is 18.5 Å². The van der Waals surface area contributed by atoms with E-state index in [2.05, 4.69) is 17.4 Å². The fraction of sp³-hybridized carbons (Fsp3) is 0.290. The fourth-order valence-electron chi connectivity index (χ4n) is 5.46. The van der Waals surface area contributed by atoms with Gasteiger partial charge >= 0.3 is 5.97 Å². The Morgan fingerprint density at radius 3 is 2.39 bits per heavy atom. The van der Waals surface area contributed by atoms with Gasteiger partial charge in [-0.1, -0.05) is 42.5 Å². The number of hydrogen-bond donors (Lipinski definition) is 1. The highest BCUT2D eigenvalue weighted by atomic mass is 16.5. The van der Waals surface area contributed by atoms with Gasteiger partial charge in [0.15, 0.2) is 6.61 Å². The van der Waals surface area contributed by atoms with E-state index in [1.54, 1.807) is 18.2 Å². The van der Waals surface area contributed by atoms with Gasteiger partial charge in [-0.15, -0.1) is 0 Å². The number of nitrogens with zero attached hydrogens (tertiary/aromatic N) is 1. The number of carbonyl (C=O) groups excluding carboxylic acids is 4. The summed E-state index contributed by atoms with van der Waals surface area (Å²) in [5.41, 5.74) is 4.48. The van der Waals surface area contributed by atoms with Crippen molar-refractivity contribution in [1.82, 2.24) is 0 Å². The lowest BCUT2D eigenvalue weighted by Crippen LogP contribution is -2.31. The number of esters is 1. The molecule has 5 rings (SSSR count). The van der Waals surface area contributed by atoms with Crippen molar-refractivity contribution in [3.05, 3.63) is 95.1 Å². The number of fused-ring (bicyclic) bond motifs is 1. The van der Waals surface area contributed by atoms with E-state index in [0.717, 1.165) is 17.5 Å². The third-order valence-electron chi connectivity index (χ3n) is 7.66. The Morgan fingerprint density at radius 1 is 0.868 bits per heavy atom. The van der Waals surface area contributed by atoms with Gasteiger partial charge in [0.1, 0.15) is 0 Å². The van der Waals surface area contributed by atoms with Gasteiger partial charge in [-0.2, -0.15) is 0 Å². The summed E-state index contributed by atoms with van der Waals surface area (Å²) in [6.07, 6.45) is 2.14. The predicted molar refractivity (Wildman–Crippen MR) is 144 cm³/mol. The second kappa shape index (κ2) is 10.6. The molecule has 0 radical (unpaired) electrons. The summed E-state index contributed by atoms with van der Waals surface area (Å²) in [5, 5.41) is 2.71. The molecule has 38 heavy (non-hydrogen) atoms. The van der Waals surface area contributed by atoms with Crippen LogP contribution in [-0.2, 0) is 19.1 Å². The minimum absolute atomic E-state index is 0.166. The van der Waals surface area contributed by atoms with Gasteiger partial charge in [-0.05, 0) is 86.1 Å². The number of ether oxygens (including phenoxy) is 1. The van der Waals surface area contributed by atoms with Crippen LogP contribution in [0, 0.1) is 25.7 Å². The number of nitrogens with one attached hydrogen (secondary N) is 1. The summed E-state index contributed by atoms with van der Waals surface area (Å²) in [7, 11) is 0.